The Morgan fingerprint density at radius 2 is 1.68 bits per heavy atom. The van der Waals surface area contributed by atoms with Gasteiger partial charge in [0.05, 0.1) is 14.2 Å². The highest BCUT2D eigenvalue weighted by Crippen LogP contribution is 2.27. The molecule has 0 heterocycles. The molecule has 0 radical (unpaired) electrons. The molecular weight excluding hydrogens is 485 g/mol. The van der Waals surface area contributed by atoms with Gasteiger partial charge in [0.2, 0.25) is 0 Å². The molecule has 0 bridgehead atoms. The molecule has 0 saturated carbocycles. The second-order valence-corrected chi connectivity index (χ2v) is 7.00. The summed E-state index contributed by atoms with van der Waals surface area (Å²) in [6, 6.07) is 14.6. The Balaban J connectivity index is 0.00000392. The normalized spacial score (nSPS) is 10.8. The van der Waals surface area contributed by atoms with Crippen LogP contribution in [-0.4, -0.2) is 52.0 Å². The molecule has 28 heavy (non-hydrogen) atoms. The first-order valence-corrected chi connectivity index (χ1v) is 10.1. The second-order valence-electron chi connectivity index (χ2n) is 6.12. The Morgan fingerprint density at radius 1 is 1.04 bits per heavy atom. The number of benzene rings is 2. The van der Waals surface area contributed by atoms with Crippen molar-refractivity contribution in [2.45, 2.75) is 17.9 Å². The molecule has 2 rings (SSSR count). The minimum atomic E-state index is 0. The van der Waals surface area contributed by atoms with E-state index in [0.29, 0.717) is 0 Å². The Morgan fingerprint density at radius 3 is 2.25 bits per heavy atom. The maximum Gasteiger partial charge on any atom is 0.193 e. The molecule has 0 aliphatic rings. The topological polar surface area (TPSA) is 46.1 Å². The predicted molar refractivity (Wildman–Crippen MR) is 130 cm³/mol. The lowest BCUT2D eigenvalue weighted by molar-refractivity contribution is 0.354. The zero-order chi connectivity index (χ0) is 19.6. The van der Waals surface area contributed by atoms with E-state index in [1.165, 1.54) is 16.0 Å². The summed E-state index contributed by atoms with van der Waals surface area (Å²) in [5.74, 6) is 2.38. The van der Waals surface area contributed by atoms with Crippen LogP contribution in [0.25, 0.3) is 0 Å². The van der Waals surface area contributed by atoms with Crippen LogP contribution in [0.2, 0.25) is 0 Å². The Kier molecular flexibility index (Phi) is 11.1. The number of nitrogens with one attached hydrogen (secondary N) is 1. The van der Waals surface area contributed by atoms with Crippen molar-refractivity contribution in [1.82, 2.24) is 10.2 Å². The van der Waals surface area contributed by atoms with Gasteiger partial charge in [0.1, 0.15) is 0 Å². The quantitative estimate of drug-likeness (QED) is 0.246. The number of methoxy groups -OCH3 is 2. The number of halogens is 1. The van der Waals surface area contributed by atoms with Crippen LogP contribution in [0.5, 0.6) is 11.5 Å². The predicted octanol–water partition coefficient (Wildman–Crippen LogP) is 4.29. The molecule has 5 nitrogen and oxygen atoms in total. The van der Waals surface area contributed by atoms with Gasteiger partial charge in [-0.25, -0.2) is 0 Å². The van der Waals surface area contributed by atoms with Crippen LogP contribution in [0.15, 0.2) is 52.4 Å². The average Bonchev–Trinajstić information content (AvgIpc) is 2.71. The molecule has 0 atom stereocenters. The molecule has 0 fully saturated rings. The van der Waals surface area contributed by atoms with Gasteiger partial charge < -0.3 is 19.7 Å². The van der Waals surface area contributed by atoms with Gasteiger partial charge in [0, 0.05) is 32.1 Å². The molecule has 154 valence electrons. The van der Waals surface area contributed by atoms with Crippen molar-refractivity contribution >= 4 is 41.7 Å². The minimum absolute atomic E-state index is 0. The minimum Gasteiger partial charge on any atom is -0.493 e. The monoisotopic (exact) mass is 515 g/mol. The average molecular weight is 515 g/mol. The van der Waals surface area contributed by atoms with E-state index in [1.807, 2.05) is 26.2 Å². The Hall–Kier alpha value is -1.61. The fourth-order valence-corrected chi connectivity index (χ4v) is 3.23. The fraction of sp³-hybridized carbons (Fsp3) is 0.381. The highest BCUT2D eigenvalue weighted by molar-refractivity contribution is 14.0. The van der Waals surface area contributed by atoms with Crippen molar-refractivity contribution in [3.05, 3.63) is 53.6 Å². The summed E-state index contributed by atoms with van der Waals surface area (Å²) < 4.78 is 10.7. The van der Waals surface area contributed by atoms with Gasteiger partial charge in [-0.05, 0) is 48.1 Å². The van der Waals surface area contributed by atoms with Crippen LogP contribution in [0, 0.1) is 0 Å². The van der Waals surface area contributed by atoms with Crippen LogP contribution in [0.1, 0.15) is 11.1 Å². The second kappa shape index (κ2) is 12.8. The smallest absolute Gasteiger partial charge is 0.193 e. The van der Waals surface area contributed by atoms with Crippen molar-refractivity contribution in [2.24, 2.45) is 4.99 Å². The first kappa shape index (κ1) is 24.4. The number of ether oxygens (including phenoxy) is 2. The highest BCUT2D eigenvalue weighted by atomic mass is 127. The number of rotatable bonds is 8. The summed E-state index contributed by atoms with van der Waals surface area (Å²) in [4.78, 5) is 7.80. The van der Waals surface area contributed by atoms with E-state index in [4.69, 9.17) is 9.47 Å². The lowest BCUT2D eigenvalue weighted by Crippen LogP contribution is -2.39. The molecule has 0 spiro atoms. The zero-order valence-corrected chi connectivity index (χ0v) is 20.3. The largest absolute Gasteiger partial charge is 0.493 e. The number of hydrogen-bond donors (Lipinski definition) is 1. The van der Waals surface area contributed by atoms with Gasteiger partial charge in [0.25, 0.3) is 0 Å². The van der Waals surface area contributed by atoms with Gasteiger partial charge in [0.15, 0.2) is 17.5 Å². The molecule has 0 aliphatic carbocycles. The summed E-state index contributed by atoms with van der Waals surface area (Å²) in [6.07, 6.45) is 2.96. The van der Waals surface area contributed by atoms with E-state index in [9.17, 15) is 0 Å². The summed E-state index contributed by atoms with van der Waals surface area (Å²) in [5.41, 5.74) is 2.45. The third-order valence-corrected chi connectivity index (χ3v) is 5.04. The summed E-state index contributed by atoms with van der Waals surface area (Å²) in [5, 5.41) is 3.43. The molecule has 0 aliphatic heterocycles. The standard InChI is InChI=1S/C21H29N3O2S.HI/c1-22-21(24(2)15-17-6-9-18(27-5)10-7-17)23-13-12-16-8-11-19(25-3)20(14-16)26-4;/h6-11,14H,12-13,15H2,1-5H3,(H,22,23);1H. The molecule has 0 amide bonds. The third kappa shape index (κ3) is 7.09. The number of guanidine groups is 1. The molecule has 0 saturated heterocycles. The van der Waals surface area contributed by atoms with Crippen LogP contribution < -0.4 is 14.8 Å². The molecule has 0 unspecified atom stereocenters. The first-order chi connectivity index (χ1) is 13.1. The van der Waals surface area contributed by atoms with E-state index >= 15 is 0 Å². The van der Waals surface area contributed by atoms with Crippen molar-refractivity contribution in [1.29, 1.82) is 0 Å². The molecule has 7 heteroatoms. The Bertz CT molecular complexity index is 754. The van der Waals surface area contributed by atoms with E-state index in [0.717, 1.165) is 37.0 Å². The van der Waals surface area contributed by atoms with Crippen LogP contribution in [0.4, 0.5) is 0 Å². The maximum absolute atomic E-state index is 5.37. The van der Waals surface area contributed by atoms with Crippen molar-refractivity contribution < 1.29 is 9.47 Å². The fourth-order valence-electron chi connectivity index (χ4n) is 2.82. The summed E-state index contributed by atoms with van der Waals surface area (Å²) in [6.45, 7) is 1.60. The number of aliphatic imine (C=N–C) groups is 1. The summed E-state index contributed by atoms with van der Waals surface area (Å²) >= 11 is 1.75. The molecule has 2 aromatic carbocycles. The van der Waals surface area contributed by atoms with Crippen LogP contribution >= 0.6 is 35.7 Å². The molecular formula is C21H30IN3O2S. The van der Waals surface area contributed by atoms with Crippen molar-refractivity contribution in [2.75, 3.05) is 41.1 Å². The van der Waals surface area contributed by atoms with Gasteiger partial charge in [-0.2, -0.15) is 0 Å². The molecule has 0 aromatic heterocycles. The Labute approximate surface area is 189 Å². The number of hydrogen-bond acceptors (Lipinski definition) is 4. The summed E-state index contributed by atoms with van der Waals surface area (Å²) in [7, 11) is 7.16. The number of thioether (sulfide) groups is 1. The first-order valence-electron chi connectivity index (χ1n) is 8.87. The lowest BCUT2D eigenvalue weighted by Gasteiger charge is -2.22. The third-order valence-electron chi connectivity index (χ3n) is 4.30. The van der Waals surface area contributed by atoms with Gasteiger partial charge in [-0.1, -0.05) is 18.2 Å². The van der Waals surface area contributed by atoms with Crippen molar-refractivity contribution in [3.8, 4) is 11.5 Å². The van der Waals surface area contributed by atoms with Crippen LogP contribution in [-0.2, 0) is 13.0 Å². The SMILES string of the molecule is CN=C(NCCc1ccc(OC)c(OC)c1)N(C)Cc1ccc(SC)cc1.I. The van der Waals surface area contributed by atoms with E-state index in [2.05, 4.69) is 51.8 Å². The number of nitrogens with zero attached hydrogens (tertiary/aromatic N) is 2. The van der Waals surface area contributed by atoms with Gasteiger partial charge in [-0.15, -0.1) is 35.7 Å². The van der Waals surface area contributed by atoms with E-state index in [-0.39, 0.29) is 24.0 Å². The van der Waals surface area contributed by atoms with Crippen LogP contribution in [0.3, 0.4) is 0 Å². The highest BCUT2D eigenvalue weighted by Gasteiger charge is 2.08. The molecule has 1 N–H and O–H groups in total. The maximum atomic E-state index is 5.37. The van der Waals surface area contributed by atoms with Crippen molar-refractivity contribution in [3.63, 3.8) is 0 Å². The van der Waals surface area contributed by atoms with E-state index < -0.39 is 0 Å². The van der Waals surface area contributed by atoms with Gasteiger partial charge >= 0.3 is 0 Å². The molecule has 2 aromatic rings. The van der Waals surface area contributed by atoms with E-state index in [1.54, 1.807) is 26.0 Å². The lowest BCUT2D eigenvalue weighted by atomic mass is 10.1. The zero-order valence-electron chi connectivity index (χ0n) is 17.2. The van der Waals surface area contributed by atoms with Gasteiger partial charge in [-0.3, -0.25) is 4.99 Å².